The molecule has 0 aromatic heterocycles. The minimum Gasteiger partial charge on any atom is -0.496 e. The van der Waals surface area contributed by atoms with Crippen molar-refractivity contribution in [2.45, 2.75) is 12.8 Å². The van der Waals surface area contributed by atoms with E-state index in [-0.39, 0.29) is 17.4 Å². The van der Waals surface area contributed by atoms with Crippen molar-refractivity contribution < 1.29 is 18.7 Å². The molecule has 2 aromatic rings. The van der Waals surface area contributed by atoms with Crippen LogP contribution in [0.1, 0.15) is 17.5 Å². The maximum atomic E-state index is 13.8. The summed E-state index contributed by atoms with van der Waals surface area (Å²) in [6, 6.07) is 12.2. The van der Waals surface area contributed by atoms with Gasteiger partial charge in [0, 0.05) is 6.42 Å². The Balaban J connectivity index is 1.73. The highest BCUT2D eigenvalue weighted by Crippen LogP contribution is 2.22. The third-order valence-corrected chi connectivity index (χ3v) is 4.05. The summed E-state index contributed by atoms with van der Waals surface area (Å²) in [6.45, 7) is 0. The molecule has 26 heavy (non-hydrogen) atoms. The lowest BCUT2D eigenvalue weighted by Gasteiger charge is -2.07. The fourth-order valence-corrected chi connectivity index (χ4v) is 2.73. The number of aryl methyl sites for hydroxylation is 1. The predicted molar refractivity (Wildman–Crippen MR) is 97.8 cm³/mol. The van der Waals surface area contributed by atoms with E-state index in [1.807, 2.05) is 24.3 Å². The number of para-hydroxylation sites is 1. The molecule has 1 N–H and O–H groups in total. The molecule has 0 saturated carbocycles. The minimum atomic E-state index is -0.486. The first kappa shape index (κ1) is 17.7. The number of hydrogen-bond donors (Lipinski definition) is 1. The second-order valence-corrected chi connectivity index (χ2v) is 5.75. The van der Waals surface area contributed by atoms with Crippen molar-refractivity contribution in [1.82, 2.24) is 5.32 Å². The van der Waals surface area contributed by atoms with Crippen LogP contribution in [-0.4, -0.2) is 26.0 Å². The summed E-state index contributed by atoms with van der Waals surface area (Å²) < 4.78 is 24.0. The first-order valence-electron chi connectivity index (χ1n) is 8.16. The van der Waals surface area contributed by atoms with Crippen molar-refractivity contribution in [2.75, 3.05) is 14.2 Å². The van der Waals surface area contributed by atoms with Gasteiger partial charge in [-0.05, 0) is 41.8 Å². The number of nitrogens with zero attached hydrogens (tertiary/aromatic N) is 1. The van der Waals surface area contributed by atoms with E-state index >= 15 is 0 Å². The van der Waals surface area contributed by atoms with E-state index in [1.165, 1.54) is 19.2 Å². The van der Waals surface area contributed by atoms with Gasteiger partial charge in [0.15, 0.2) is 11.6 Å². The lowest BCUT2D eigenvalue weighted by atomic mass is 10.1. The molecular formula is C20H19FN2O3. The van der Waals surface area contributed by atoms with Crippen molar-refractivity contribution in [1.29, 1.82) is 0 Å². The van der Waals surface area contributed by atoms with Gasteiger partial charge in [0.2, 0.25) is 0 Å². The predicted octanol–water partition coefficient (Wildman–Crippen LogP) is 3.34. The van der Waals surface area contributed by atoms with Crippen molar-refractivity contribution in [3.05, 3.63) is 65.1 Å². The van der Waals surface area contributed by atoms with Crippen LogP contribution in [0.2, 0.25) is 0 Å². The van der Waals surface area contributed by atoms with Gasteiger partial charge >= 0.3 is 0 Å². The number of amides is 1. The van der Waals surface area contributed by atoms with Crippen LogP contribution in [0.4, 0.5) is 4.39 Å². The Kier molecular flexibility index (Phi) is 5.31. The zero-order valence-corrected chi connectivity index (χ0v) is 14.6. The van der Waals surface area contributed by atoms with E-state index in [4.69, 9.17) is 9.47 Å². The van der Waals surface area contributed by atoms with Gasteiger partial charge in [-0.1, -0.05) is 24.3 Å². The summed E-state index contributed by atoms with van der Waals surface area (Å²) in [7, 11) is 3.03. The lowest BCUT2D eigenvalue weighted by molar-refractivity contribution is -0.115. The summed E-state index contributed by atoms with van der Waals surface area (Å²) in [4.78, 5) is 16.4. The fourth-order valence-electron chi connectivity index (χ4n) is 2.73. The topological polar surface area (TPSA) is 59.9 Å². The molecule has 0 bridgehead atoms. The molecule has 0 unspecified atom stereocenters. The first-order valence-corrected chi connectivity index (χ1v) is 8.16. The number of amidine groups is 1. The number of hydrogen-bond acceptors (Lipinski definition) is 4. The van der Waals surface area contributed by atoms with Crippen molar-refractivity contribution >= 4 is 17.8 Å². The van der Waals surface area contributed by atoms with E-state index in [1.54, 1.807) is 19.3 Å². The molecule has 1 aliphatic heterocycles. The van der Waals surface area contributed by atoms with E-state index in [0.717, 1.165) is 11.3 Å². The number of carbonyl (C=O) groups excluding carboxylic acids is 1. The number of carbonyl (C=O) groups is 1. The van der Waals surface area contributed by atoms with Crippen LogP contribution in [0.3, 0.4) is 0 Å². The summed E-state index contributed by atoms with van der Waals surface area (Å²) in [5.74, 6) is 0.768. The van der Waals surface area contributed by atoms with Crippen LogP contribution < -0.4 is 14.8 Å². The number of aliphatic imine (C=N–C) groups is 1. The molecule has 0 fully saturated rings. The fraction of sp³-hybridized carbons (Fsp3) is 0.200. The van der Waals surface area contributed by atoms with Gasteiger partial charge in [-0.25, -0.2) is 9.38 Å². The van der Waals surface area contributed by atoms with Crippen LogP contribution in [0.15, 0.2) is 53.2 Å². The minimum absolute atomic E-state index is 0.157. The third-order valence-electron chi connectivity index (χ3n) is 4.05. The van der Waals surface area contributed by atoms with E-state index in [2.05, 4.69) is 10.3 Å². The standard InChI is InChI=1S/C20H19FN2O3/c1-25-17-6-4-3-5-14(17)8-10-19-22-16(20(24)23-19)12-13-7-9-18(26-2)15(21)11-13/h3-7,9,11-12H,8,10H2,1-2H3,(H,22,23,24)/b16-12+. The average molecular weight is 354 g/mol. The number of halogens is 1. The van der Waals surface area contributed by atoms with Crippen LogP contribution in [0.25, 0.3) is 6.08 Å². The number of benzene rings is 2. The molecule has 0 atom stereocenters. The largest absolute Gasteiger partial charge is 0.496 e. The Morgan fingerprint density at radius 1 is 1.08 bits per heavy atom. The summed E-state index contributed by atoms with van der Waals surface area (Å²) >= 11 is 0. The van der Waals surface area contributed by atoms with Gasteiger partial charge in [-0.15, -0.1) is 0 Å². The third kappa shape index (κ3) is 3.91. The van der Waals surface area contributed by atoms with Crippen molar-refractivity contribution in [2.24, 2.45) is 4.99 Å². The van der Waals surface area contributed by atoms with E-state index in [0.29, 0.717) is 24.2 Å². The monoisotopic (exact) mass is 354 g/mol. The number of nitrogens with one attached hydrogen (secondary N) is 1. The van der Waals surface area contributed by atoms with Gasteiger partial charge in [0.25, 0.3) is 5.91 Å². The van der Waals surface area contributed by atoms with Crippen molar-refractivity contribution in [3.63, 3.8) is 0 Å². The Bertz CT molecular complexity index is 890. The molecule has 0 aliphatic carbocycles. The number of rotatable bonds is 6. The molecule has 1 amide bonds. The zero-order valence-electron chi connectivity index (χ0n) is 14.6. The summed E-state index contributed by atoms with van der Waals surface area (Å²) in [6.07, 6.45) is 2.81. The van der Waals surface area contributed by atoms with Crippen LogP contribution >= 0.6 is 0 Å². The lowest BCUT2D eigenvalue weighted by Crippen LogP contribution is -2.24. The summed E-state index contributed by atoms with van der Waals surface area (Å²) in [5.41, 5.74) is 1.84. The maximum Gasteiger partial charge on any atom is 0.275 e. The van der Waals surface area contributed by atoms with Gasteiger partial charge in [0.05, 0.1) is 14.2 Å². The smallest absolute Gasteiger partial charge is 0.275 e. The highest BCUT2D eigenvalue weighted by atomic mass is 19.1. The molecule has 5 nitrogen and oxygen atoms in total. The molecule has 0 saturated heterocycles. The highest BCUT2D eigenvalue weighted by molar-refractivity contribution is 6.14. The van der Waals surface area contributed by atoms with Crippen LogP contribution in [-0.2, 0) is 11.2 Å². The van der Waals surface area contributed by atoms with Crippen LogP contribution in [0.5, 0.6) is 11.5 Å². The van der Waals surface area contributed by atoms with Crippen molar-refractivity contribution in [3.8, 4) is 11.5 Å². The van der Waals surface area contributed by atoms with E-state index in [9.17, 15) is 9.18 Å². The molecule has 3 rings (SSSR count). The normalized spacial score (nSPS) is 15.0. The molecule has 134 valence electrons. The SMILES string of the molecule is COc1ccc(/C=C2/N=C(CCc3ccccc3OC)NC2=O)cc1F. The van der Waals surface area contributed by atoms with Gasteiger partial charge in [0.1, 0.15) is 17.3 Å². The second kappa shape index (κ2) is 7.82. The van der Waals surface area contributed by atoms with E-state index < -0.39 is 5.82 Å². The molecule has 1 heterocycles. The van der Waals surface area contributed by atoms with Gasteiger partial charge in [-0.2, -0.15) is 0 Å². The molecule has 0 radical (unpaired) electrons. The number of methoxy groups -OCH3 is 2. The molecule has 6 heteroatoms. The quantitative estimate of drug-likeness (QED) is 0.810. The molecule has 0 spiro atoms. The zero-order chi connectivity index (χ0) is 18.5. The number of ether oxygens (including phenoxy) is 2. The van der Waals surface area contributed by atoms with Gasteiger partial charge < -0.3 is 14.8 Å². The highest BCUT2D eigenvalue weighted by Gasteiger charge is 2.20. The Morgan fingerprint density at radius 2 is 1.85 bits per heavy atom. The Labute approximate surface area is 151 Å². The Hall–Kier alpha value is -3.15. The van der Waals surface area contributed by atoms with Gasteiger partial charge in [-0.3, -0.25) is 4.79 Å². The Morgan fingerprint density at radius 3 is 2.58 bits per heavy atom. The van der Waals surface area contributed by atoms with Crippen LogP contribution in [0, 0.1) is 5.82 Å². The summed E-state index contributed by atoms with van der Waals surface area (Å²) in [5, 5.41) is 2.75. The first-order chi connectivity index (χ1) is 12.6. The maximum absolute atomic E-state index is 13.8. The average Bonchev–Trinajstić information content (AvgIpc) is 3.00. The molecular weight excluding hydrogens is 335 g/mol. The molecule has 1 aliphatic rings. The molecule has 2 aromatic carbocycles. The second-order valence-electron chi connectivity index (χ2n) is 5.75.